The summed E-state index contributed by atoms with van der Waals surface area (Å²) in [6.07, 6.45) is 2.74. The molecule has 0 aromatic heterocycles. The Bertz CT molecular complexity index is 662. The van der Waals surface area contributed by atoms with Gasteiger partial charge in [0.25, 0.3) is 5.91 Å². The van der Waals surface area contributed by atoms with E-state index in [2.05, 4.69) is 31.0 Å². The van der Waals surface area contributed by atoms with Gasteiger partial charge in [0.1, 0.15) is 6.54 Å². The van der Waals surface area contributed by atoms with Crippen LogP contribution in [0.4, 0.5) is 0 Å². The first-order chi connectivity index (χ1) is 11.4. The number of hydrogen-bond donors (Lipinski definition) is 2. The average Bonchev–Trinajstić information content (AvgIpc) is 2.58. The Balaban J connectivity index is 2.09. The van der Waals surface area contributed by atoms with Gasteiger partial charge in [-0.25, -0.2) is 0 Å². The van der Waals surface area contributed by atoms with Crippen LogP contribution in [0.3, 0.4) is 0 Å². The van der Waals surface area contributed by atoms with Crippen LogP contribution >= 0.6 is 15.9 Å². The average molecular weight is 397 g/mol. The highest BCUT2D eigenvalue weighted by molar-refractivity contribution is 9.12. The van der Waals surface area contributed by atoms with Crippen LogP contribution < -0.4 is 5.32 Å². The number of benzene rings is 1. The van der Waals surface area contributed by atoms with Crippen LogP contribution in [0.2, 0.25) is 0 Å². The number of nitrogens with zero attached hydrogens (tertiary/aromatic N) is 1. The van der Waals surface area contributed by atoms with Crippen molar-refractivity contribution in [1.82, 2.24) is 5.32 Å². The van der Waals surface area contributed by atoms with E-state index in [0.717, 1.165) is 5.56 Å². The first-order valence-corrected chi connectivity index (χ1v) is 7.90. The monoisotopic (exact) mass is 396 g/mol. The molecule has 1 aliphatic rings. The molecule has 2 N–H and O–H groups in total. The van der Waals surface area contributed by atoms with Crippen molar-refractivity contribution in [3.63, 3.8) is 0 Å². The summed E-state index contributed by atoms with van der Waals surface area (Å²) >= 11 is 3.21. The van der Waals surface area contributed by atoms with Crippen molar-refractivity contribution in [2.24, 2.45) is 4.99 Å². The number of rotatable bonds is 6. The number of dihydropyridines is 1. The summed E-state index contributed by atoms with van der Waals surface area (Å²) in [5, 5.41) is 13.1. The maximum Gasteiger partial charge on any atom is 0.325 e. The molecule has 7 nitrogen and oxygen atoms in total. The van der Waals surface area contributed by atoms with Crippen LogP contribution in [0, 0.1) is 0 Å². The lowest BCUT2D eigenvalue weighted by molar-refractivity contribution is -0.191. The van der Waals surface area contributed by atoms with E-state index in [9.17, 15) is 14.7 Å². The molecule has 0 bridgehead atoms. The van der Waals surface area contributed by atoms with Gasteiger partial charge in [-0.2, -0.15) is 0 Å². The molecule has 128 valence electrons. The Morgan fingerprint density at radius 2 is 2.08 bits per heavy atom. The molecule has 1 aliphatic heterocycles. The minimum absolute atomic E-state index is 0.0877. The number of allylic oxidation sites excluding steroid dienone is 1. The Kier molecular flexibility index (Phi) is 6.24. The SMILES string of the molecule is COC(=O)CNC(=O)C1N=CC(Br)=CC1(O)OCc1ccccc1. The Labute approximate surface area is 147 Å². The fourth-order valence-electron chi connectivity index (χ4n) is 2.04. The molecular formula is C16H17BrN2O5. The number of aliphatic imine (C=N–C) groups is 1. The number of esters is 1. The third-order valence-electron chi connectivity index (χ3n) is 3.28. The largest absolute Gasteiger partial charge is 0.468 e. The normalized spacial score (nSPS) is 22.6. The molecule has 2 rings (SSSR count). The maximum atomic E-state index is 12.2. The van der Waals surface area contributed by atoms with Gasteiger partial charge in [0.15, 0.2) is 6.04 Å². The molecule has 1 amide bonds. The minimum Gasteiger partial charge on any atom is -0.468 e. The van der Waals surface area contributed by atoms with Gasteiger partial charge in [0.05, 0.1) is 13.7 Å². The van der Waals surface area contributed by atoms with Gasteiger partial charge in [-0.3, -0.25) is 14.6 Å². The molecular weight excluding hydrogens is 380 g/mol. The molecule has 24 heavy (non-hydrogen) atoms. The number of methoxy groups -OCH3 is 1. The number of ether oxygens (including phenoxy) is 2. The topological polar surface area (TPSA) is 97.2 Å². The first-order valence-electron chi connectivity index (χ1n) is 7.11. The predicted molar refractivity (Wildman–Crippen MR) is 90.5 cm³/mol. The van der Waals surface area contributed by atoms with Gasteiger partial charge in [-0.05, 0) is 27.6 Å². The van der Waals surface area contributed by atoms with Gasteiger partial charge < -0.3 is 19.9 Å². The van der Waals surface area contributed by atoms with E-state index in [-0.39, 0.29) is 13.2 Å². The second kappa shape index (κ2) is 8.18. The van der Waals surface area contributed by atoms with Crippen LogP contribution in [0.5, 0.6) is 0 Å². The minimum atomic E-state index is -1.94. The van der Waals surface area contributed by atoms with Crippen molar-refractivity contribution in [3.8, 4) is 0 Å². The smallest absolute Gasteiger partial charge is 0.325 e. The molecule has 0 fully saturated rings. The molecule has 2 unspecified atom stereocenters. The van der Waals surface area contributed by atoms with E-state index < -0.39 is 23.7 Å². The second-order valence-electron chi connectivity index (χ2n) is 5.03. The molecule has 0 saturated heterocycles. The van der Waals surface area contributed by atoms with Gasteiger partial charge >= 0.3 is 5.97 Å². The molecule has 2 atom stereocenters. The van der Waals surface area contributed by atoms with Crippen molar-refractivity contribution >= 4 is 34.0 Å². The molecule has 1 aromatic rings. The standard InChI is InChI=1S/C16H17BrN2O5/c1-23-13(20)9-19-15(21)14-16(22,7-12(17)8-18-14)24-10-11-5-3-2-4-6-11/h2-8,14,22H,9-10H2,1H3,(H,19,21). The van der Waals surface area contributed by atoms with E-state index in [1.807, 2.05) is 30.3 Å². The maximum absolute atomic E-state index is 12.2. The van der Waals surface area contributed by atoms with Crippen LogP contribution in [0.1, 0.15) is 5.56 Å². The summed E-state index contributed by atoms with van der Waals surface area (Å²) in [7, 11) is 1.21. The third kappa shape index (κ3) is 4.73. The molecule has 8 heteroatoms. The van der Waals surface area contributed by atoms with E-state index >= 15 is 0 Å². The molecule has 0 saturated carbocycles. The zero-order valence-corrected chi connectivity index (χ0v) is 14.5. The van der Waals surface area contributed by atoms with Gasteiger partial charge in [0, 0.05) is 10.7 Å². The molecule has 0 spiro atoms. The van der Waals surface area contributed by atoms with Crippen LogP contribution in [0.25, 0.3) is 0 Å². The van der Waals surface area contributed by atoms with E-state index in [4.69, 9.17) is 4.74 Å². The lowest BCUT2D eigenvalue weighted by atomic mass is 10.0. The molecule has 1 heterocycles. The van der Waals surface area contributed by atoms with Gasteiger partial charge in [0.2, 0.25) is 5.79 Å². The highest BCUT2D eigenvalue weighted by Gasteiger charge is 2.43. The van der Waals surface area contributed by atoms with E-state index in [0.29, 0.717) is 4.48 Å². The first kappa shape index (κ1) is 18.3. The molecule has 0 radical (unpaired) electrons. The van der Waals surface area contributed by atoms with E-state index in [1.165, 1.54) is 19.4 Å². The van der Waals surface area contributed by atoms with Crippen molar-refractivity contribution < 1.29 is 24.2 Å². The fraction of sp³-hybridized carbons (Fsp3) is 0.312. The van der Waals surface area contributed by atoms with E-state index in [1.54, 1.807) is 0 Å². The predicted octanol–water partition coefficient (Wildman–Crippen LogP) is 0.913. The van der Waals surface area contributed by atoms with Crippen molar-refractivity contribution in [3.05, 3.63) is 46.5 Å². The fourth-order valence-corrected chi connectivity index (χ4v) is 2.49. The molecule has 0 aliphatic carbocycles. The summed E-state index contributed by atoms with van der Waals surface area (Å²) in [6.45, 7) is -0.231. The quantitative estimate of drug-likeness (QED) is 0.550. The van der Waals surface area contributed by atoms with Crippen LogP contribution in [0.15, 0.2) is 45.9 Å². The van der Waals surface area contributed by atoms with Crippen LogP contribution in [-0.4, -0.2) is 48.7 Å². The Hall–Kier alpha value is -2.03. The number of carbonyl (C=O) groups is 2. The van der Waals surface area contributed by atoms with Gasteiger partial charge in [-0.15, -0.1) is 0 Å². The van der Waals surface area contributed by atoms with Crippen LogP contribution in [-0.2, 0) is 25.7 Å². The van der Waals surface area contributed by atoms with Gasteiger partial charge in [-0.1, -0.05) is 30.3 Å². The Morgan fingerprint density at radius 3 is 2.75 bits per heavy atom. The summed E-state index contributed by atoms with van der Waals surface area (Å²) in [6, 6.07) is 7.97. The number of carbonyl (C=O) groups excluding carboxylic acids is 2. The molecule has 1 aromatic carbocycles. The number of halogens is 1. The number of nitrogens with one attached hydrogen (secondary N) is 1. The number of amides is 1. The number of aliphatic hydroxyl groups is 1. The highest BCUT2D eigenvalue weighted by atomic mass is 79.9. The summed E-state index contributed by atoms with van der Waals surface area (Å²) in [5.74, 6) is -3.19. The highest BCUT2D eigenvalue weighted by Crippen LogP contribution is 2.27. The van der Waals surface area contributed by atoms with Crippen molar-refractivity contribution in [2.75, 3.05) is 13.7 Å². The zero-order valence-electron chi connectivity index (χ0n) is 12.9. The van der Waals surface area contributed by atoms with Crippen molar-refractivity contribution in [2.45, 2.75) is 18.4 Å². The second-order valence-corrected chi connectivity index (χ2v) is 5.95. The zero-order chi connectivity index (χ0) is 17.6. The summed E-state index contributed by atoms with van der Waals surface area (Å²) in [4.78, 5) is 27.4. The Morgan fingerprint density at radius 1 is 1.38 bits per heavy atom. The third-order valence-corrected chi connectivity index (χ3v) is 3.71. The summed E-state index contributed by atoms with van der Waals surface area (Å²) in [5.41, 5.74) is 0.832. The lowest BCUT2D eigenvalue weighted by Gasteiger charge is -2.32. The summed E-state index contributed by atoms with van der Waals surface area (Å²) < 4.78 is 10.5. The lowest BCUT2D eigenvalue weighted by Crippen LogP contribution is -2.53. The van der Waals surface area contributed by atoms with Crippen molar-refractivity contribution in [1.29, 1.82) is 0 Å². The number of hydrogen-bond acceptors (Lipinski definition) is 6.